The van der Waals surface area contributed by atoms with E-state index >= 15 is 0 Å². The molecule has 7 heteroatoms. The Hall–Kier alpha value is -2.96. The van der Waals surface area contributed by atoms with E-state index in [0.717, 1.165) is 23.1 Å². The molecule has 0 saturated carbocycles. The first-order chi connectivity index (χ1) is 12.2. The molecule has 7 nitrogen and oxygen atoms in total. The molecular weight excluding hydrogens is 330 g/mol. The standard InChI is InChI=1S/C19H23N5O2/c1-13-9-14(2)11-15(10-13)17-20-12-23(22-17)7-5-16(25)21-24-8-6-19(3,4)18(24)26/h5,7,9-12H,6,8H2,1-4H3,(H,21,25)/b7-5-. The Morgan fingerprint density at radius 2 is 1.92 bits per heavy atom. The molecule has 1 saturated heterocycles. The molecule has 0 unspecified atom stereocenters. The molecule has 1 fully saturated rings. The maximum atomic E-state index is 12.1. The highest BCUT2D eigenvalue weighted by Gasteiger charge is 2.39. The zero-order valence-electron chi connectivity index (χ0n) is 15.5. The van der Waals surface area contributed by atoms with E-state index in [0.29, 0.717) is 12.4 Å². The Morgan fingerprint density at radius 3 is 2.54 bits per heavy atom. The first-order valence-electron chi connectivity index (χ1n) is 8.55. The zero-order chi connectivity index (χ0) is 18.9. The van der Waals surface area contributed by atoms with Crippen LogP contribution in [0.3, 0.4) is 0 Å². The third kappa shape index (κ3) is 3.82. The minimum atomic E-state index is -0.427. The SMILES string of the molecule is Cc1cc(C)cc(-c2ncn(/C=C\C(=O)NN3CCC(C)(C)C3=O)n2)c1. The van der Waals surface area contributed by atoms with Crippen LogP contribution in [0.15, 0.2) is 30.6 Å². The van der Waals surface area contributed by atoms with Crippen LogP contribution >= 0.6 is 0 Å². The maximum absolute atomic E-state index is 12.1. The molecule has 1 N–H and O–H groups in total. The summed E-state index contributed by atoms with van der Waals surface area (Å²) < 4.78 is 1.47. The second-order valence-electron chi connectivity index (χ2n) is 7.31. The van der Waals surface area contributed by atoms with Gasteiger partial charge in [-0.15, -0.1) is 5.10 Å². The Labute approximate surface area is 152 Å². The molecule has 3 rings (SSSR count). The maximum Gasteiger partial charge on any atom is 0.264 e. The van der Waals surface area contributed by atoms with Crippen molar-refractivity contribution in [2.75, 3.05) is 6.54 Å². The normalized spacial score (nSPS) is 16.5. The van der Waals surface area contributed by atoms with Gasteiger partial charge in [0.25, 0.3) is 5.91 Å². The lowest BCUT2D eigenvalue weighted by molar-refractivity contribution is -0.141. The van der Waals surface area contributed by atoms with Gasteiger partial charge in [0, 0.05) is 29.8 Å². The van der Waals surface area contributed by atoms with Crippen LogP contribution in [-0.4, -0.2) is 38.1 Å². The van der Waals surface area contributed by atoms with Crippen LogP contribution in [0.5, 0.6) is 0 Å². The first kappa shape index (κ1) is 17.8. The van der Waals surface area contributed by atoms with Gasteiger partial charge in [0.1, 0.15) is 6.33 Å². The first-order valence-corrected chi connectivity index (χ1v) is 8.55. The van der Waals surface area contributed by atoms with Crippen LogP contribution in [0.1, 0.15) is 31.4 Å². The summed E-state index contributed by atoms with van der Waals surface area (Å²) in [6, 6.07) is 6.12. The van der Waals surface area contributed by atoms with Gasteiger partial charge >= 0.3 is 0 Å². The monoisotopic (exact) mass is 353 g/mol. The third-order valence-corrected chi connectivity index (χ3v) is 4.40. The molecule has 0 radical (unpaired) electrons. The Balaban J connectivity index is 1.65. The van der Waals surface area contributed by atoms with Crippen LogP contribution in [-0.2, 0) is 9.59 Å². The summed E-state index contributed by atoms with van der Waals surface area (Å²) in [7, 11) is 0. The number of benzene rings is 1. The minimum absolute atomic E-state index is 0.0721. The minimum Gasteiger partial charge on any atom is -0.272 e. The van der Waals surface area contributed by atoms with Crippen LogP contribution < -0.4 is 5.43 Å². The highest BCUT2D eigenvalue weighted by atomic mass is 16.2. The number of aromatic nitrogens is 3. The van der Waals surface area contributed by atoms with Gasteiger partial charge in [-0.05, 0) is 32.4 Å². The molecule has 0 atom stereocenters. The van der Waals surface area contributed by atoms with Gasteiger partial charge in [0.05, 0.1) is 0 Å². The molecule has 1 aliphatic heterocycles. The summed E-state index contributed by atoms with van der Waals surface area (Å²) in [5, 5.41) is 5.73. The van der Waals surface area contributed by atoms with Gasteiger partial charge in [-0.2, -0.15) is 0 Å². The predicted molar refractivity (Wildman–Crippen MR) is 98.5 cm³/mol. The second-order valence-corrected chi connectivity index (χ2v) is 7.31. The van der Waals surface area contributed by atoms with E-state index in [2.05, 4.69) is 21.6 Å². The van der Waals surface area contributed by atoms with Crippen molar-refractivity contribution in [2.24, 2.45) is 5.41 Å². The number of carbonyl (C=O) groups excluding carboxylic acids is 2. The molecule has 1 aromatic heterocycles. The van der Waals surface area contributed by atoms with Gasteiger partial charge in [-0.25, -0.2) is 9.67 Å². The van der Waals surface area contributed by atoms with E-state index < -0.39 is 5.41 Å². The number of nitrogens with one attached hydrogen (secondary N) is 1. The highest BCUT2D eigenvalue weighted by Crippen LogP contribution is 2.29. The largest absolute Gasteiger partial charge is 0.272 e. The number of carbonyl (C=O) groups is 2. The fraction of sp³-hybridized carbons (Fsp3) is 0.368. The number of rotatable bonds is 4. The number of aryl methyl sites for hydroxylation is 2. The molecule has 2 amide bonds. The average Bonchev–Trinajstić information content (AvgIpc) is 3.13. The van der Waals surface area contributed by atoms with Crippen molar-refractivity contribution >= 4 is 18.0 Å². The van der Waals surface area contributed by atoms with Gasteiger partial charge in [0.2, 0.25) is 5.91 Å². The third-order valence-electron chi connectivity index (χ3n) is 4.40. The van der Waals surface area contributed by atoms with Gasteiger partial charge in [-0.3, -0.25) is 20.0 Å². The van der Waals surface area contributed by atoms with E-state index in [-0.39, 0.29) is 11.8 Å². The van der Waals surface area contributed by atoms with Crippen molar-refractivity contribution in [1.29, 1.82) is 0 Å². The summed E-state index contributed by atoms with van der Waals surface area (Å²) in [4.78, 5) is 28.4. The van der Waals surface area contributed by atoms with E-state index in [1.807, 2.05) is 39.8 Å². The van der Waals surface area contributed by atoms with Gasteiger partial charge in [-0.1, -0.05) is 31.0 Å². The summed E-state index contributed by atoms with van der Waals surface area (Å²) in [6.45, 7) is 8.32. The molecule has 1 aliphatic rings. The van der Waals surface area contributed by atoms with Gasteiger partial charge in [0.15, 0.2) is 5.82 Å². The predicted octanol–water partition coefficient (Wildman–Crippen LogP) is 2.32. The molecule has 26 heavy (non-hydrogen) atoms. The molecular formula is C19H23N5O2. The topological polar surface area (TPSA) is 80.1 Å². The van der Waals surface area contributed by atoms with E-state index in [4.69, 9.17) is 0 Å². The molecule has 0 bridgehead atoms. The van der Waals surface area contributed by atoms with Crippen molar-refractivity contribution in [1.82, 2.24) is 25.2 Å². The van der Waals surface area contributed by atoms with Crippen LogP contribution in [0, 0.1) is 19.3 Å². The lowest BCUT2D eigenvalue weighted by Gasteiger charge is -2.19. The number of amides is 2. The number of nitrogens with zero attached hydrogens (tertiary/aromatic N) is 4. The molecule has 136 valence electrons. The van der Waals surface area contributed by atoms with E-state index in [9.17, 15) is 9.59 Å². The Bertz CT molecular complexity index is 862. The highest BCUT2D eigenvalue weighted by molar-refractivity contribution is 5.93. The smallest absolute Gasteiger partial charge is 0.264 e. The molecule has 0 spiro atoms. The summed E-state index contributed by atoms with van der Waals surface area (Å²) in [5.41, 5.74) is 5.40. The second kappa shape index (κ2) is 6.74. The van der Waals surface area contributed by atoms with Crippen molar-refractivity contribution in [3.8, 4) is 11.4 Å². The zero-order valence-corrected chi connectivity index (χ0v) is 15.5. The van der Waals surface area contributed by atoms with Crippen LogP contribution in [0.25, 0.3) is 17.6 Å². The molecule has 2 heterocycles. The fourth-order valence-corrected chi connectivity index (χ4v) is 2.97. The van der Waals surface area contributed by atoms with Gasteiger partial charge < -0.3 is 0 Å². The summed E-state index contributed by atoms with van der Waals surface area (Å²) in [5.74, 6) is 0.148. The fourth-order valence-electron chi connectivity index (χ4n) is 2.97. The Morgan fingerprint density at radius 1 is 1.23 bits per heavy atom. The summed E-state index contributed by atoms with van der Waals surface area (Å²) >= 11 is 0. The Kier molecular flexibility index (Phi) is 4.63. The quantitative estimate of drug-likeness (QED) is 0.856. The molecule has 2 aromatic rings. The van der Waals surface area contributed by atoms with Crippen LogP contribution in [0.4, 0.5) is 0 Å². The van der Waals surface area contributed by atoms with Crippen molar-refractivity contribution in [2.45, 2.75) is 34.1 Å². The lowest BCUT2D eigenvalue weighted by Crippen LogP contribution is -2.44. The number of hydrogen-bond donors (Lipinski definition) is 1. The van der Waals surface area contributed by atoms with Crippen LogP contribution in [0.2, 0.25) is 0 Å². The van der Waals surface area contributed by atoms with Crippen molar-refractivity contribution in [3.05, 3.63) is 41.7 Å². The van der Waals surface area contributed by atoms with E-state index in [1.54, 1.807) is 6.33 Å². The average molecular weight is 353 g/mol. The lowest BCUT2D eigenvalue weighted by atomic mass is 9.92. The van der Waals surface area contributed by atoms with Crippen molar-refractivity contribution in [3.63, 3.8) is 0 Å². The summed E-state index contributed by atoms with van der Waals surface area (Å²) in [6.07, 6.45) is 5.11. The van der Waals surface area contributed by atoms with E-state index in [1.165, 1.54) is 22.0 Å². The number of hydrogen-bond acceptors (Lipinski definition) is 4. The van der Waals surface area contributed by atoms with Crippen molar-refractivity contribution < 1.29 is 9.59 Å². The molecule has 0 aliphatic carbocycles. The molecule has 1 aromatic carbocycles. The number of hydrazine groups is 1.